The standard InChI is InChI=1S/C4H9BF3O/c1-4(2)9-3-5(6,7)8/h4H,3H2,1-2H3/q-1. The van der Waals surface area contributed by atoms with Crippen molar-refractivity contribution in [3.05, 3.63) is 0 Å². The van der Waals surface area contributed by atoms with E-state index < -0.39 is 13.5 Å². The maximum atomic E-state index is 11.4. The van der Waals surface area contributed by atoms with Gasteiger partial charge in [0.2, 0.25) is 0 Å². The van der Waals surface area contributed by atoms with E-state index in [2.05, 4.69) is 4.74 Å². The summed E-state index contributed by atoms with van der Waals surface area (Å²) >= 11 is 0. The molecule has 0 fully saturated rings. The normalized spacial score (nSPS) is 12.7. The summed E-state index contributed by atoms with van der Waals surface area (Å²) < 4.78 is 38.4. The fourth-order valence-electron chi connectivity index (χ4n) is 0.302. The minimum Gasteiger partial charge on any atom is -0.447 e. The molecule has 0 aliphatic heterocycles. The van der Waals surface area contributed by atoms with Crippen molar-refractivity contribution in [1.82, 2.24) is 0 Å². The molecule has 5 heteroatoms. The molecule has 0 aliphatic carbocycles. The average molecular weight is 141 g/mol. The molecular weight excluding hydrogens is 132 g/mol. The van der Waals surface area contributed by atoms with Crippen LogP contribution in [-0.2, 0) is 4.74 Å². The quantitative estimate of drug-likeness (QED) is 0.544. The lowest BCUT2D eigenvalue weighted by atomic mass is 9.95. The lowest BCUT2D eigenvalue weighted by molar-refractivity contribution is 0.0950. The third-order valence-electron chi connectivity index (χ3n) is 0.619. The summed E-state index contributed by atoms with van der Waals surface area (Å²) in [6.07, 6.45) is -0.339. The van der Waals surface area contributed by atoms with Gasteiger partial charge < -0.3 is 17.7 Å². The minimum absolute atomic E-state index is 0.339. The van der Waals surface area contributed by atoms with Crippen molar-refractivity contribution in [1.29, 1.82) is 0 Å². The van der Waals surface area contributed by atoms with Gasteiger partial charge in [-0.3, -0.25) is 0 Å². The minimum atomic E-state index is -4.75. The zero-order chi connectivity index (χ0) is 7.49. The second-order valence-corrected chi connectivity index (χ2v) is 2.09. The molecule has 56 valence electrons. The Morgan fingerprint density at radius 1 is 1.33 bits per heavy atom. The molecule has 0 spiro atoms. The van der Waals surface area contributed by atoms with Crippen LogP contribution >= 0.6 is 0 Å². The van der Waals surface area contributed by atoms with Crippen LogP contribution in [-0.4, -0.2) is 19.6 Å². The molecule has 0 amide bonds. The Kier molecular flexibility index (Phi) is 3.04. The number of ether oxygens (including phenoxy) is 1. The Morgan fingerprint density at radius 2 is 1.78 bits per heavy atom. The van der Waals surface area contributed by atoms with Gasteiger partial charge in [0.05, 0.1) is 0 Å². The molecule has 0 unspecified atom stereocenters. The van der Waals surface area contributed by atoms with Crippen LogP contribution in [0.4, 0.5) is 12.9 Å². The number of halogens is 3. The van der Waals surface area contributed by atoms with E-state index in [-0.39, 0.29) is 6.10 Å². The fourth-order valence-corrected chi connectivity index (χ4v) is 0.302. The monoisotopic (exact) mass is 141 g/mol. The van der Waals surface area contributed by atoms with Crippen LogP contribution in [0.25, 0.3) is 0 Å². The van der Waals surface area contributed by atoms with Crippen LogP contribution in [0.5, 0.6) is 0 Å². The van der Waals surface area contributed by atoms with Gasteiger partial charge in [0.1, 0.15) is 0 Å². The van der Waals surface area contributed by atoms with Crippen LogP contribution in [0, 0.1) is 0 Å². The molecule has 0 aromatic heterocycles. The van der Waals surface area contributed by atoms with Crippen molar-refractivity contribution in [2.75, 3.05) is 6.51 Å². The molecule has 1 nitrogen and oxygen atoms in total. The highest BCUT2D eigenvalue weighted by molar-refractivity contribution is 6.58. The van der Waals surface area contributed by atoms with Gasteiger partial charge in [0, 0.05) is 12.6 Å². The van der Waals surface area contributed by atoms with Gasteiger partial charge in [-0.1, -0.05) is 0 Å². The van der Waals surface area contributed by atoms with E-state index in [1.807, 2.05) is 0 Å². The molecule has 9 heavy (non-hydrogen) atoms. The Bertz CT molecular complexity index is 80.4. The number of rotatable bonds is 3. The van der Waals surface area contributed by atoms with Crippen molar-refractivity contribution in [2.24, 2.45) is 0 Å². The third-order valence-corrected chi connectivity index (χ3v) is 0.619. The highest BCUT2D eigenvalue weighted by atomic mass is 19.4. The van der Waals surface area contributed by atoms with Crippen LogP contribution in [0.2, 0.25) is 0 Å². The lowest BCUT2D eigenvalue weighted by Crippen LogP contribution is -2.26. The largest absolute Gasteiger partial charge is 0.503 e. The van der Waals surface area contributed by atoms with E-state index in [1.165, 1.54) is 0 Å². The van der Waals surface area contributed by atoms with Gasteiger partial charge in [0.25, 0.3) is 0 Å². The molecule has 0 bridgehead atoms. The molecule has 0 atom stereocenters. The van der Waals surface area contributed by atoms with E-state index in [0.29, 0.717) is 0 Å². The first-order valence-electron chi connectivity index (χ1n) is 2.74. The predicted molar refractivity (Wildman–Crippen MR) is 30.2 cm³/mol. The van der Waals surface area contributed by atoms with Crippen molar-refractivity contribution in [3.63, 3.8) is 0 Å². The summed E-state index contributed by atoms with van der Waals surface area (Å²) in [4.78, 5) is 0. The topological polar surface area (TPSA) is 9.23 Å². The molecule has 0 radical (unpaired) electrons. The maximum absolute atomic E-state index is 11.4. The van der Waals surface area contributed by atoms with Crippen molar-refractivity contribution in [3.8, 4) is 0 Å². The second-order valence-electron chi connectivity index (χ2n) is 2.09. The maximum Gasteiger partial charge on any atom is 0.503 e. The molecule has 0 N–H and O–H groups in total. The fraction of sp³-hybridized carbons (Fsp3) is 1.00. The summed E-state index contributed by atoms with van der Waals surface area (Å²) in [5, 5.41) is 0. The Labute approximate surface area is 52.3 Å². The molecule has 0 aromatic carbocycles. The predicted octanol–water partition coefficient (Wildman–Crippen LogP) is 1.80. The van der Waals surface area contributed by atoms with E-state index in [4.69, 9.17) is 0 Å². The van der Waals surface area contributed by atoms with Crippen LogP contribution in [0.15, 0.2) is 0 Å². The van der Waals surface area contributed by atoms with Gasteiger partial charge in [-0.05, 0) is 13.8 Å². The van der Waals surface area contributed by atoms with E-state index in [0.717, 1.165) is 0 Å². The van der Waals surface area contributed by atoms with Gasteiger partial charge in [-0.25, -0.2) is 0 Å². The summed E-state index contributed by atoms with van der Waals surface area (Å²) in [6.45, 7) is -2.70. The van der Waals surface area contributed by atoms with E-state index >= 15 is 0 Å². The number of hydrogen-bond acceptors (Lipinski definition) is 1. The van der Waals surface area contributed by atoms with Crippen LogP contribution < -0.4 is 0 Å². The van der Waals surface area contributed by atoms with Gasteiger partial charge >= 0.3 is 6.98 Å². The Morgan fingerprint density at radius 3 is 1.89 bits per heavy atom. The average Bonchev–Trinajstić information content (AvgIpc) is 1.59. The van der Waals surface area contributed by atoms with Gasteiger partial charge in [-0.2, -0.15) is 0 Å². The molecule has 0 saturated heterocycles. The Hall–Kier alpha value is -0.185. The SMILES string of the molecule is CC(C)OC[B-](F)(F)F. The Balaban J connectivity index is 3.28. The first kappa shape index (κ1) is 8.81. The summed E-state index contributed by atoms with van der Waals surface area (Å²) in [5.74, 6) is 0. The zero-order valence-corrected chi connectivity index (χ0v) is 5.40. The highest BCUT2D eigenvalue weighted by Crippen LogP contribution is 2.08. The first-order chi connectivity index (χ1) is 3.92. The van der Waals surface area contributed by atoms with Crippen molar-refractivity contribution in [2.45, 2.75) is 20.0 Å². The van der Waals surface area contributed by atoms with Gasteiger partial charge in [-0.15, -0.1) is 0 Å². The lowest BCUT2D eigenvalue weighted by Gasteiger charge is -2.15. The molecule has 0 saturated carbocycles. The third kappa shape index (κ3) is 7.81. The summed E-state index contributed by atoms with van der Waals surface area (Å²) in [6, 6.07) is 0. The van der Waals surface area contributed by atoms with E-state index in [1.54, 1.807) is 13.8 Å². The molecule has 0 aromatic rings. The van der Waals surface area contributed by atoms with Crippen LogP contribution in [0.1, 0.15) is 13.8 Å². The van der Waals surface area contributed by atoms with Crippen molar-refractivity contribution >= 4 is 6.98 Å². The van der Waals surface area contributed by atoms with E-state index in [9.17, 15) is 12.9 Å². The second kappa shape index (κ2) is 3.10. The smallest absolute Gasteiger partial charge is 0.447 e. The van der Waals surface area contributed by atoms with Crippen molar-refractivity contribution < 1.29 is 17.7 Å². The molecule has 0 rings (SSSR count). The molecular formula is C4H9BF3O-. The molecule has 0 aliphatic rings. The summed E-state index contributed by atoms with van der Waals surface area (Å²) in [5.41, 5.74) is 0. The highest BCUT2D eigenvalue weighted by Gasteiger charge is 2.23. The first-order valence-corrected chi connectivity index (χ1v) is 2.74. The molecule has 0 heterocycles. The number of hydrogen-bond donors (Lipinski definition) is 0. The van der Waals surface area contributed by atoms with Gasteiger partial charge in [0.15, 0.2) is 0 Å². The summed E-state index contributed by atoms with van der Waals surface area (Å²) in [7, 11) is 0. The zero-order valence-electron chi connectivity index (χ0n) is 5.40. The van der Waals surface area contributed by atoms with Crippen LogP contribution in [0.3, 0.4) is 0 Å².